The minimum absolute atomic E-state index is 0.286. The molecule has 0 aliphatic rings. The van der Waals surface area contributed by atoms with Gasteiger partial charge >= 0.3 is 0 Å². The molecule has 1 aromatic heterocycles. The van der Waals surface area contributed by atoms with E-state index in [0.717, 1.165) is 0 Å². The summed E-state index contributed by atoms with van der Waals surface area (Å²) in [7, 11) is 1.56. The standard InChI is InChI=1S/C24H23ClN4O4/c1-4-32-18-10-15(11-19(14-18)33-5-2)24(30)26-16-6-8-21-22(12-16)28-29(27-21)17-7-9-23(31-3)20(25)13-17/h6-14H,4-5H2,1-3H3,(H,26,30). The molecule has 3 aromatic carbocycles. The number of carbonyl (C=O) groups is 1. The molecule has 8 nitrogen and oxygen atoms in total. The van der Waals surface area contributed by atoms with E-state index in [1.54, 1.807) is 55.6 Å². The fourth-order valence-electron chi connectivity index (χ4n) is 3.29. The number of anilines is 1. The molecule has 4 rings (SSSR count). The lowest BCUT2D eigenvalue weighted by Gasteiger charge is -2.11. The Morgan fingerprint density at radius 1 is 0.939 bits per heavy atom. The van der Waals surface area contributed by atoms with Gasteiger partial charge in [-0.05, 0) is 62.4 Å². The topological polar surface area (TPSA) is 87.5 Å². The predicted octanol–water partition coefficient (Wildman–Crippen LogP) is 5.13. The molecule has 0 saturated carbocycles. The number of amides is 1. The fourth-order valence-corrected chi connectivity index (χ4v) is 3.55. The zero-order chi connectivity index (χ0) is 23.4. The molecule has 170 valence electrons. The van der Waals surface area contributed by atoms with Crippen molar-refractivity contribution >= 4 is 34.2 Å². The van der Waals surface area contributed by atoms with E-state index in [-0.39, 0.29) is 5.91 Å². The van der Waals surface area contributed by atoms with Gasteiger partial charge in [0, 0.05) is 17.3 Å². The lowest BCUT2D eigenvalue weighted by atomic mass is 10.1. The second-order valence-electron chi connectivity index (χ2n) is 7.03. The van der Waals surface area contributed by atoms with Crippen molar-refractivity contribution in [2.45, 2.75) is 13.8 Å². The molecule has 1 N–H and O–H groups in total. The number of nitrogens with zero attached hydrogens (tertiary/aromatic N) is 3. The van der Waals surface area contributed by atoms with Gasteiger partial charge in [-0.2, -0.15) is 4.80 Å². The van der Waals surface area contributed by atoms with E-state index >= 15 is 0 Å². The van der Waals surface area contributed by atoms with Gasteiger partial charge in [0.1, 0.15) is 28.3 Å². The van der Waals surface area contributed by atoms with Gasteiger partial charge in [-0.25, -0.2) is 0 Å². The van der Waals surface area contributed by atoms with Crippen molar-refractivity contribution in [1.82, 2.24) is 15.0 Å². The van der Waals surface area contributed by atoms with Crippen LogP contribution in [0.3, 0.4) is 0 Å². The number of methoxy groups -OCH3 is 1. The molecule has 0 aliphatic heterocycles. The quantitative estimate of drug-likeness (QED) is 0.387. The second kappa shape index (κ2) is 9.79. The van der Waals surface area contributed by atoms with Crippen LogP contribution in [0.1, 0.15) is 24.2 Å². The Kier molecular flexibility index (Phi) is 6.65. The van der Waals surface area contributed by atoms with Gasteiger partial charge in [0.15, 0.2) is 0 Å². The molecule has 0 unspecified atom stereocenters. The molecule has 33 heavy (non-hydrogen) atoms. The van der Waals surface area contributed by atoms with Crippen molar-refractivity contribution < 1.29 is 19.0 Å². The van der Waals surface area contributed by atoms with E-state index in [4.69, 9.17) is 25.8 Å². The molecular weight excluding hydrogens is 444 g/mol. The first-order valence-corrected chi connectivity index (χ1v) is 10.8. The van der Waals surface area contributed by atoms with E-state index < -0.39 is 0 Å². The van der Waals surface area contributed by atoms with Crippen molar-refractivity contribution in [3.05, 3.63) is 65.2 Å². The van der Waals surface area contributed by atoms with Gasteiger partial charge in [0.05, 0.1) is 31.0 Å². The highest BCUT2D eigenvalue weighted by molar-refractivity contribution is 6.32. The predicted molar refractivity (Wildman–Crippen MR) is 127 cm³/mol. The third-order valence-electron chi connectivity index (χ3n) is 4.77. The Labute approximate surface area is 196 Å². The van der Waals surface area contributed by atoms with Crippen LogP contribution in [-0.2, 0) is 0 Å². The first kappa shape index (κ1) is 22.4. The van der Waals surface area contributed by atoms with E-state index in [2.05, 4.69) is 15.5 Å². The third kappa shape index (κ3) is 5.01. The number of halogens is 1. The zero-order valence-electron chi connectivity index (χ0n) is 18.5. The van der Waals surface area contributed by atoms with Gasteiger partial charge < -0.3 is 19.5 Å². The number of rotatable bonds is 8. The minimum Gasteiger partial charge on any atom is -0.495 e. The first-order valence-electron chi connectivity index (χ1n) is 10.4. The van der Waals surface area contributed by atoms with Gasteiger partial charge in [-0.15, -0.1) is 10.2 Å². The van der Waals surface area contributed by atoms with E-state index in [1.807, 2.05) is 19.9 Å². The molecule has 0 fully saturated rings. The van der Waals surface area contributed by atoms with Crippen molar-refractivity contribution in [2.24, 2.45) is 0 Å². The number of hydrogen-bond donors (Lipinski definition) is 1. The number of aromatic nitrogens is 3. The number of carbonyl (C=O) groups excluding carboxylic acids is 1. The van der Waals surface area contributed by atoms with Crippen LogP contribution in [0.15, 0.2) is 54.6 Å². The Balaban J connectivity index is 1.58. The number of hydrogen-bond acceptors (Lipinski definition) is 6. The van der Waals surface area contributed by atoms with Crippen LogP contribution in [0.25, 0.3) is 16.7 Å². The van der Waals surface area contributed by atoms with Crippen molar-refractivity contribution in [3.63, 3.8) is 0 Å². The van der Waals surface area contributed by atoms with Gasteiger partial charge in [0.2, 0.25) is 0 Å². The maximum atomic E-state index is 12.9. The molecule has 0 bridgehead atoms. The summed E-state index contributed by atoms with van der Waals surface area (Å²) in [5, 5.41) is 12.4. The highest BCUT2D eigenvalue weighted by Gasteiger charge is 2.13. The van der Waals surface area contributed by atoms with Crippen molar-refractivity contribution in [3.8, 4) is 22.9 Å². The molecule has 0 atom stereocenters. The molecule has 0 radical (unpaired) electrons. The third-order valence-corrected chi connectivity index (χ3v) is 5.06. The average molecular weight is 467 g/mol. The van der Waals surface area contributed by atoms with Crippen LogP contribution >= 0.6 is 11.6 Å². The molecule has 4 aromatic rings. The summed E-state index contributed by atoms with van der Waals surface area (Å²) >= 11 is 6.22. The highest BCUT2D eigenvalue weighted by Crippen LogP contribution is 2.27. The SMILES string of the molecule is CCOc1cc(OCC)cc(C(=O)Nc2ccc3nn(-c4ccc(OC)c(Cl)c4)nc3c2)c1. The molecule has 9 heteroatoms. The largest absolute Gasteiger partial charge is 0.495 e. The molecule has 0 saturated heterocycles. The summed E-state index contributed by atoms with van der Waals surface area (Å²) in [6.07, 6.45) is 0. The highest BCUT2D eigenvalue weighted by atomic mass is 35.5. The van der Waals surface area contributed by atoms with Crippen LogP contribution in [0.4, 0.5) is 5.69 Å². The average Bonchev–Trinajstić information content (AvgIpc) is 3.23. The van der Waals surface area contributed by atoms with Gasteiger partial charge in [0.25, 0.3) is 5.91 Å². The van der Waals surface area contributed by atoms with E-state index in [0.29, 0.717) is 63.5 Å². The Bertz CT molecular complexity index is 1280. The summed E-state index contributed by atoms with van der Waals surface area (Å²) in [5.41, 5.74) is 3.02. The van der Waals surface area contributed by atoms with Gasteiger partial charge in [-0.1, -0.05) is 11.6 Å². The number of benzene rings is 3. The van der Waals surface area contributed by atoms with E-state index in [9.17, 15) is 4.79 Å². The maximum absolute atomic E-state index is 12.9. The first-order chi connectivity index (χ1) is 16.0. The van der Waals surface area contributed by atoms with Crippen molar-refractivity contribution in [2.75, 3.05) is 25.6 Å². The van der Waals surface area contributed by atoms with Crippen molar-refractivity contribution in [1.29, 1.82) is 0 Å². The summed E-state index contributed by atoms with van der Waals surface area (Å²) in [6, 6.07) is 15.8. The molecule has 0 aliphatic carbocycles. The zero-order valence-corrected chi connectivity index (χ0v) is 19.2. The number of fused-ring (bicyclic) bond motifs is 1. The fraction of sp³-hybridized carbons (Fsp3) is 0.208. The van der Waals surface area contributed by atoms with Crippen LogP contribution in [-0.4, -0.2) is 41.2 Å². The van der Waals surface area contributed by atoms with E-state index in [1.165, 1.54) is 4.80 Å². The Hall–Kier alpha value is -3.78. The summed E-state index contributed by atoms with van der Waals surface area (Å²) in [5.74, 6) is 1.43. The minimum atomic E-state index is -0.286. The molecule has 0 spiro atoms. The molecule has 1 amide bonds. The number of ether oxygens (including phenoxy) is 3. The summed E-state index contributed by atoms with van der Waals surface area (Å²) < 4.78 is 16.3. The van der Waals surface area contributed by atoms with Gasteiger partial charge in [-0.3, -0.25) is 4.79 Å². The maximum Gasteiger partial charge on any atom is 0.255 e. The van der Waals surface area contributed by atoms with Crippen LogP contribution in [0.2, 0.25) is 5.02 Å². The lowest BCUT2D eigenvalue weighted by molar-refractivity contribution is 0.102. The molecular formula is C24H23ClN4O4. The van der Waals surface area contributed by atoms with Crippen LogP contribution < -0.4 is 19.5 Å². The normalized spacial score (nSPS) is 10.8. The molecule has 1 heterocycles. The van der Waals surface area contributed by atoms with Crippen LogP contribution in [0, 0.1) is 0 Å². The Morgan fingerprint density at radius 2 is 1.64 bits per heavy atom. The Morgan fingerprint density at radius 3 is 2.27 bits per heavy atom. The number of nitrogens with one attached hydrogen (secondary N) is 1. The van der Waals surface area contributed by atoms with Crippen LogP contribution in [0.5, 0.6) is 17.2 Å². The summed E-state index contributed by atoms with van der Waals surface area (Å²) in [6.45, 7) is 4.75. The lowest BCUT2D eigenvalue weighted by Crippen LogP contribution is -2.12. The second-order valence-corrected chi connectivity index (χ2v) is 7.43. The monoisotopic (exact) mass is 466 g/mol. The summed E-state index contributed by atoms with van der Waals surface area (Å²) in [4.78, 5) is 14.4. The smallest absolute Gasteiger partial charge is 0.255 e.